The number of amides is 2. The third-order valence-electron chi connectivity index (χ3n) is 5.45. The minimum atomic E-state index is -0.448. The number of aromatic nitrogens is 1. The Bertz CT molecular complexity index is 1220. The molecule has 0 unspecified atom stereocenters. The average molecular weight is 428 g/mol. The van der Waals surface area contributed by atoms with Crippen molar-refractivity contribution in [1.29, 1.82) is 0 Å². The molecule has 1 aliphatic heterocycles. The zero-order chi connectivity index (χ0) is 22.9. The van der Waals surface area contributed by atoms with E-state index >= 15 is 0 Å². The second kappa shape index (κ2) is 8.30. The number of carbonyl (C=O) groups is 2. The minimum Gasteiger partial charge on any atom is -0.507 e. The Labute approximate surface area is 187 Å². The van der Waals surface area contributed by atoms with Crippen molar-refractivity contribution in [2.75, 3.05) is 0 Å². The van der Waals surface area contributed by atoms with Gasteiger partial charge in [0.15, 0.2) is 0 Å². The summed E-state index contributed by atoms with van der Waals surface area (Å²) in [5.41, 5.74) is 4.53. The number of nitrogens with zero attached hydrogens (tertiary/aromatic N) is 1. The van der Waals surface area contributed by atoms with Gasteiger partial charge in [-0.3, -0.25) is 19.9 Å². The molecule has 2 heterocycles. The molecule has 0 aliphatic carbocycles. The van der Waals surface area contributed by atoms with Crippen LogP contribution >= 0.6 is 0 Å². The highest BCUT2D eigenvalue weighted by atomic mass is 16.3. The fraction of sp³-hybridized carbons (Fsp3) is 0.192. The summed E-state index contributed by atoms with van der Waals surface area (Å²) in [6, 6.07) is 16.7. The van der Waals surface area contributed by atoms with Gasteiger partial charge in [-0.15, -0.1) is 0 Å². The third kappa shape index (κ3) is 4.25. The van der Waals surface area contributed by atoms with Crippen LogP contribution < -0.4 is 10.6 Å². The highest BCUT2D eigenvalue weighted by Gasteiger charge is 2.28. The lowest BCUT2D eigenvalue weighted by Gasteiger charge is -2.24. The Morgan fingerprint density at radius 2 is 1.72 bits per heavy atom. The lowest BCUT2D eigenvalue weighted by molar-refractivity contribution is -0.114. The van der Waals surface area contributed by atoms with Crippen molar-refractivity contribution in [2.45, 2.75) is 32.7 Å². The molecule has 2 amide bonds. The first-order valence-corrected chi connectivity index (χ1v) is 10.4. The summed E-state index contributed by atoms with van der Waals surface area (Å²) < 4.78 is 0. The van der Waals surface area contributed by atoms with E-state index in [0.29, 0.717) is 34.5 Å². The number of imide groups is 1. The van der Waals surface area contributed by atoms with Crippen LogP contribution in [0.2, 0.25) is 0 Å². The molecule has 1 aliphatic rings. The molecule has 0 saturated heterocycles. The smallest absolute Gasteiger partial charge is 0.260 e. The van der Waals surface area contributed by atoms with Crippen LogP contribution in [0, 0.1) is 0 Å². The molecule has 1 aromatic heterocycles. The van der Waals surface area contributed by atoms with Crippen molar-refractivity contribution >= 4 is 17.4 Å². The molecule has 6 nitrogen and oxygen atoms in total. The number of fused-ring (bicyclic) bond motifs is 1. The standard InChI is InChI=1S/C26H25N3O3/c1-26(2,3)17-9-10-19-20(11-17)22(25(32)29-24(19)31)14-27-13-18-12-23(30)21(15-28-18)16-7-5-4-6-8-16/h4-12,14-15,27H,13H2,1-3H3,(H,28,30)(H,29,31,32)/b22-14+. The predicted octanol–water partition coefficient (Wildman–Crippen LogP) is 4.15. The van der Waals surface area contributed by atoms with Crippen molar-refractivity contribution < 1.29 is 14.7 Å². The highest BCUT2D eigenvalue weighted by Crippen LogP contribution is 2.31. The van der Waals surface area contributed by atoms with E-state index in [1.165, 1.54) is 0 Å². The number of hydrogen-bond acceptors (Lipinski definition) is 5. The van der Waals surface area contributed by atoms with Crippen molar-refractivity contribution in [3.63, 3.8) is 0 Å². The van der Waals surface area contributed by atoms with Gasteiger partial charge in [-0.1, -0.05) is 57.2 Å². The molecule has 32 heavy (non-hydrogen) atoms. The van der Waals surface area contributed by atoms with E-state index < -0.39 is 11.8 Å². The average Bonchev–Trinajstić information content (AvgIpc) is 2.75. The van der Waals surface area contributed by atoms with Crippen LogP contribution in [-0.2, 0) is 16.8 Å². The van der Waals surface area contributed by atoms with Gasteiger partial charge in [0.25, 0.3) is 11.8 Å². The van der Waals surface area contributed by atoms with Gasteiger partial charge in [0, 0.05) is 35.2 Å². The van der Waals surface area contributed by atoms with Gasteiger partial charge in [0.05, 0.1) is 17.8 Å². The van der Waals surface area contributed by atoms with Crippen molar-refractivity contribution in [1.82, 2.24) is 15.6 Å². The van der Waals surface area contributed by atoms with E-state index in [1.807, 2.05) is 42.5 Å². The Hall–Kier alpha value is -3.93. The van der Waals surface area contributed by atoms with Crippen LogP contribution in [-0.4, -0.2) is 21.9 Å². The predicted molar refractivity (Wildman–Crippen MR) is 124 cm³/mol. The molecule has 3 N–H and O–H groups in total. The molecular weight excluding hydrogens is 402 g/mol. The number of hydrogen-bond donors (Lipinski definition) is 3. The molecule has 2 aromatic carbocycles. The summed E-state index contributed by atoms with van der Waals surface area (Å²) in [6.07, 6.45) is 3.22. The van der Waals surface area contributed by atoms with Gasteiger partial charge in [0.1, 0.15) is 5.75 Å². The van der Waals surface area contributed by atoms with Gasteiger partial charge in [-0.2, -0.15) is 0 Å². The zero-order valence-corrected chi connectivity index (χ0v) is 18.3. The maximum absolute atomic E-state index is 12.5. The molecule has 3 aromatic rings. The molecule has 6 heteroatoms. The Morgan fingerprint density at radius 3 is 2.41 bits per heavy atom. The van der Waals surface area contributed by atoms with Gasteiger partial charge in [0.2, 0.25) is 0 Å². The van der Waals surface area contributed by atoms with Gasteiger partial charge >= 0.3 is 0 Å². The summed E-state index contributed by atoms with van der Waals surface area (Å²) >= 11 is 0. The SMILES string of the molecule is CC(C)(C)c1ccc2c(c1)/C(=C\NCc1cc(O)c(-c3ccccc3)cn1)C(=O)NC2=O. The zero-order valence-electron chi connectivity index (χ0n) is 18.3. The van der Waals surface area contributed by atoms with Gasteiger partial charge < -0.3 is 10.4 Å². The van der Waals surface area contributed by atoms with Crippen LogP contribution in [0.15, 0.2) is 67.0 Å². The first kappa shape index (κ1) is 21.3. The Balaban J connectivity index is 1.58. The Morgan fingerprint density at radius 1 is 0.969 bits per heavy atom. The monoisotopic (exact) mass is 427 g/mol. The fourth-order valence-corrected chi connectivity index (χ4v) is 3.62. The number of rotatable bonds is 4. The quantitative estimate of drug-likeness (QED) is 0.430. The Kier molecular flexibility index (Phi) is 5.53. The molecule has 0 atom stereocenters. The number of nitrogens with one attached hydrogen (secondary N) is 2. The lowest BCUT2D eigenvalue weighted by Crippen LogP contribution is -2.37. The van der Waals surface area contributed by atoms with Crippen LogP contribution in [0.5, 0.6) is 5.75 Å². The van der Waals surface area contributed by atoms with Crippen molar-refractivity contribution in [2.24, 2.45) is 0 Å². The second-order valence-electron chi connectivity index (χ2n) is 8.79. The van der Waals surface area contributed by atoms with Gasteiger partial charge in [-0.05, 0) is 28.7 Å². The van der Waals surface area contributed by atoms with Crippen LogP contribution in [0.1, 0.15) is 48.0 Å². The molecule has 0 saturated carbocycles. The summed E-state index contributed by atoms with van der Waals surface area (Å²) in [6.45, 7) is 6.55. The molecule has 0 radical (unpaired) electrons. The maximum atomic E-state index is 12.5. The van der Waals surface area contributed by atoms with Gasteiger partial charge in [-0.25, -0.2) is 0 Å². The van der Waals surface area contributed by atoms with E-state index in [9.17, 15) is 14.7 Å². The number of aromatic hydroxyl groups is 1. The molecule has 0 fully saturated rings. The van der Waals surface area contributed by atoms with E-state index in [2.05, 4.69) is 36.4 Å². The highest BCUT2D eigenvalue weighted by molar-refractivity contribution is 6.31. The summed E-state index contributed by atoms with van der Waals surface area (Å²) in [7, 11) is 0. The molecular formula is C26H25N3O3. The summed E-state index contributed by atoms with van der Waals surface area (Å²) in [5, 5.41) is 15.9. The minimum absolute atomic E-state index is 0.119. The number of pyridine rings is 1. The largest absolute Gasteiger partial charge is 0.507 e. The van der Waals surface area contributed by atoms with E-state index in [-0.39, 0.29) is 11.2 Å². The molecule has 162 valence electrons. The number of benzene rings is 2. The molecule has 0 bridgehead atoms. The lowest BCUT2D eigenvalue weighted by atomic mass is 9.83. The summed E-state index contributed by atoms with van der Waals surface area (Å²) in [4.78, 5) is 29.2. The molecule has 4 rings (SSSR count). The van der Waals surface area contributed by atoms with Crippen molar-refractivity contribution in [3.05, 3.63) is 89.4 Å². The fourth-order valence-electron chi connectivity index (χ4n) is 3.62. The van der Waals surface area contributed by atoms with Crippen LogP contribution in [0.3, 0.4) is 0 Å². The molecule has 0 spiro atoms. The van der Waals surface area contributed by atoms with Crippen LogP contribution in [0.25, 0.3) is 16.7 Å². The van der Waals surface area contributed by atoms with Crippen LogP contribution in [0.4, 0.5) is 0 Å². The second-order valence-corrected chi connectivity index (χ2v) is 8.79. The third-order valence-corrected chi connectivity index (χ3v) is 5.45. The van der Waals surface area contributed by atoms with Crippen molar-refractivity contribution in [3.8, 4) is 16.9 Å². The van der Waals surface area contributed by atoms with E-state index in [0.717, 1.165) is 11.1 Å². The number of carbonyl (C=O) groups excluding carboxylic acids is 2. The first-order chi connectivity index (χ1) is 15.2. The van der Waals surface area contributed by atoms with E-state index in [4.69, 9.17) is 0 Å². The normalized spacial score (nSPS) is 14.8. The summed E-state index contributed by atoms with van der Waals surface area (Å²) in [5.74, 6) is -0.709. The first-order valence-electron chi connectivity index (χ1n) is 10.4. The maximum Gasteiger partial charge on any atom is 0.260 e. The topological polar surface area (TPSA) is 91.3 Å². The van der Waals surface area contributed by atoms with E-state index in [1.54, 1.807) is 24.5 Å².